The molecule has 0 aliphatic heterocycles. The first-order valence-electron chi connectivity index (χ1n) is 9.36. The van der Waals surface area contributed by atoms with Crippen LogP contribution in [0.25, 0.3) is 0 Å². The summed E-state index contributed by atoms with van der Waals surface area (Å²) < 4.78 is 5.15. The number of carbonyl (C=O) groups is 3. The number of ether oxygens (including phenoxy) is 1. The molecule has 0 bridgehead atoms. The zero-order valence-corrected chi connectivity index (χ0v) is 17.1. The topological polar surface area (TPSA) is 96.5 Å². The van der Waals surface area contributed by atoms with Crippen LogP contribution >= 0.6 is 0 Å². The van der Waals surface area contributed by atoms with Crippen LogP contribution in [0.3, 0.4) is 0 Å². The van der Waals surface area contributed by atoms with Gasteiger partial charge in [-0.25, -0.2) is 4.79 Å². The Labute approximate surface area is 170 Å². The maximum atomic E-state index is 12.3. The molecule has 2 rings (SSSR count). The molecular weight excluding hydrogens is 370 g/mol. The fourth-order valence-corrected chi connectivity index (χ4v) is 2.56. The van der Waals surface area contributed by atoms with Crippen molar-refractivity contribution < 1.29 is 19.1 Å². The van der Waals surface area contributed by atoms with Crippen LogP contribution in [0.2, 0.25) is 0 Å². The highest BCUT2D eigenvalue weighted by atomic mass is 16.6. The van der Waals surface area contributed by atoms with Crippen molar-refractivity contribution in [3.63, 3.8) is 0 Å². The number of anilines is 1. The molecular formula is C22H27N3O4. The van der Waals surface area contributed by atoms with Crippen LogP contribution in [0.1, 0.15) is 49.7 Å². The van der Waals surface area contributed by atoms with Crippen molar-refractivity contribution >= 4 is 23.6 Å². The highest BCUT2D eigenvalue weighted by Gasteiger charge is 2.17. The van der Waals surface area contributed by atoms with Gasteiger partial charge in [0.1, 0.15) is 12.1 Å². The number of carbonyl (C=O) groups excluding carboxylic acids is 3. The number of benzene rings is 2. The third-order valence-electron chi connectivity index (χ3n) is 3.84. The second-order valence-electron chi connectivity index (χ2n) is 7.58. The molecule has 2 aromatic rings. The van der Waals surface area contributed by atoms with E-state index in [9.17, 15) is 14.4 Å². The predicted octanol–water partition coefficient (Wildman–Crippen LogP) is 3.64. The van der Waals surface area contributed by atoms with Gasteiger partial charge in [0.05, 0.1) is 6.04 Å². The Morgan fingerprint density at radius 3 is 2.34 bits per heavy atom. The van der Waals surface area contributed by atoms with E-state index in [2.05, 4.69) is 16.0 Å². The molecule has 1 unspecified atom stereocenters. The summed E-state index contributed by atoms with van der Waals surface area (Å²) in [6.45, 7) is 6.92. The molecule has 2 aromatic carbocycles. The van der Waals surface area contributed by atoms with E-state index in [1.807, 2.05) is 37.3 Å². The van der Waals surface area contributed by atoms with Crippen molar-refractivity contribution in [1.29, 1.82) is 0 Å². The highest BCUT2D eigenvalue weighted by Crippen LogP contribution is 2.14. The molecule has 0 spiro atoms. The van der Waals surface area contributed by atoms with E-state index >= 15 is 0 Å². The van der Waals surface area contributed by atoms with E-state index in [-0.39, 0.29) is 18.6 Å². The normalized spacial score (nSPS) is 11.9. The summed E-state index contributed by atoms with van der Waals surface area (Å²) in [5.74, 6) is -0.952. The molecule has 0 saturated heterocycles. The number of nitrogens with one attached hydrogen (secondary N) is 3. The second-order valence-corrected chi connectivity index (χ2v) is 7.58. The van der Waals surface area contributed by atoms with Crippen LogP contribution in [-0.4, -0.2) is 30.1 Å². The molecule has 0 heterocycles. The largest absolute Gasteiger partial charge is 0.459 e. The maximum absolute atomic E-state index is 12.3. The molecule has 3 N–H and O–H groups in total. The third kappa shape index (κ3) is 7.65. The van der Waals surface area contributed by atoms with Crippen LogP contribution in [0.4, 0.5) is 10.5 Å². The van der Waals surface area contributed by atoms with Crippen LogP contribution in [-0.2, 0) is 9.53 Å². The first-order chi connectivity index (χ1) is 13.6. The van der Waals surface area contributed by atoms with E-state index in [0.29, 0.717) is 11.3 Å². The number of hydrogen-bond acceptors (Lipinski definition) is 4. The van der Waals surface area contributed by atoms with Gasteiger partial charge in [-0.1, -0.05) is 36.4 Å². The minimum absolute atomic E-state index is 0.170. The minimum Gasteiger partial charge on any atom is -0.459 e. The van der Waals surface area contributed by atoms with Gasteiger partial charge in [0, 0.05) is 11.3 Å². The molecule has 0 aliphatic rings. The van der Waals surface area contributed by atoms with Crippen molar-refractivity contribution in [2.45, 2.75) is 39.3 Å². The number of urea groups is 1. The van der Waals surface area contributed by atoms with Gasteiger partial charge in [-0.2, -0.15) is 0 Å². The molecule has 7 nitrogen and oxygen atoms in total. The zero-order valence-electron chi connectivity index (χ0n) is 17.1. The molecule has 7 heteroatoms. The predicted molar refractivity (Wildman–Crippen MR) is 112 cm³/mol. The van der Waals surface area contributed by atoms with Crippen LogP contribution < -0.4 is 16.0 Å². The first kappa shape index (κ1) is 21.9. The van der Waals surface area contributed by atoms with Crippen molar-refractivity contribution in [1.82, 2.24) is 10.6 Å². The van der Waals surface area contributed by atoms with Gasteiger partial charge in [-0.15, -0.1) is 0 Å². The number of amides is 3. The summed E-state index contributed by atoms with van der Waals surface area (Å²) in [7, 11) is 0. The highest BCUT2D eigenvalue weighted by molar-refractivity contribution is 5.98. The van der Waals surface area contributed by atoms with Gasteiger partial charge in [0.25, 0.3) is 5.91 Å². The average Bonchev–Trinajstić information content (AvgIpc) is 2.65. The molecule has 1 atom stereocenters. The summed E-state index contributed by atoms with van der Waals surface area (Å²) >= 11 is 0. The Hall–Kier alpha value is -3.35. The number of esters is 1. The van der Waals surface area contributed by atoms with Crippen LogP contribution in [0.15, 0.2) is 54.6 Å². The quantitative estimate of drug-likeness (QED) is 0.649. The van der Waals surface area contributed by atoms with Gasteiger partial charge < -0.3 is 20.7 Å². The summed E-state index contributed by atoms with van der Waals surface area (Å²) in [5.41, 5.74) is 1.16. The van der Waals surface area contributed by atoms with Gasteiger partial charge in [0.15, 0.2) is 0 Å². The fraction of sp³-hybridized carbons (Fsp3) is 0.318. The lowest BCUT2D eigenvalue weighted by atomic mass is 10.1. The monoisotopic (exact) mass is 397 g/mol. The molecule has 0 saturated carbocycles. The van der Waals surface area contributed by atoms with Gasteiger partial charge >= 0.3 is 12.0 Å². The van der Waals surface area contributed by atoms with E-state index in [4.69, 9.17) is 4.74 Å². The second kappa shape index (κ2) is 9.73. The van der Waals surface area contributed by atoms with Gasteiger partial charge in [-0.3, -0.25) is 9.59 Å². The maximum Gasteiger partial charge on any atom is 0.325 e. The van der Waals surface area contributed by atoms with E-state index < -0.39 is 17.5 Å². The van der Waals surface area contributed by atoms with Crippen molar-refractivity contribution in [2.75, 3.05) is 11.9 Å². The van der Waals surface area contributed by atoms with Crippen molar-refractivity contribution in [3.8, 4) is 0 Å². The minimum atomic E-state index is -0.615. The Bertz CT molecular complexity index is 860. The lowest BCUT2D eigenvalue weighted by Crippen LogP contribution is -2.34. The van der Waals surface area contributed by atoms with E-state index in [1.54, 1.807) is 39.0 Å². The van der Waals surface area contributed by atoms with Gasteiger partial charge in [-0.05, 0) is 51.5 Å². The number of hydrogen-bond donors (Lipinski definition) is 3. The Morgan fingerprint density at radius 1 is 1.00 bits per heavy atom. The van der Waals surface area contributed by atoms with Gasteiger partial charge in [0.2, 0.25) is 0 Å². The smallest absolute Gasteiger partial charge is 0.325 e. The van der Waals surface area contributed by atoms with Crippen LogP contribution in [0, 0.1) is 0 Å². The molecule has 154 valence electrons. The summed E-state index contributed by atoms with van der Waals surface area (Å²) in [6, 6.07) is 15.5. The Morgan fingerprint density at radius 2 is 1.69 bits per heavy atom. The summed E-state index contributed by atoms with van der Waals surface area (Å²) in [5, 5.41) is 8.07. The molecule has 0 fully saturated rings. The SMILES string of the molecule is CC(NC(=O)Nc1cccc(C(=O)NCC(=O)OC(C)(C)C)c1)c1ccccc1. The summed E-state index contributed by atoms with van der Waals surface area (Å²) in [4.78, 5) is 36.2. The first-order valence-corrected chi connectivity index (χ1v) is 9.36. The molecule has 0 radical (unpaired) electrons. The zero-order chi connectivity index (χ0) is 21.4. The standard InChI is InChI=1S/C22H27N3O4/c1-15(16-9-6-5-7-10-16)24-21(28)25-18-12-8-11-17(13-18)20(27)23-14-19(26)29-22(2,3)4/h5-13,15H,14H2,1-4H3,(H,23,27)(H2,24,25,28). The van der Waals surface area contributed by atoms with E-state index in [0.717, 1.165) is 5.56 Å². The van der Waals surface area contributed by atoms with Crippen molar-refractivity contribution in [3.05, 3.63) is 65.7 Å². The fourth-order valence-electron chi connectivity index (χ4n) is 2.56. The Kier molecular flexibility index (Phi) is 7.36. The summed E-state index contributed by atoms with van der Waals surface area (Å²) in [6.07, 6.45) is 0. The Balaban J connectivity index is 1.90. The molecule has 3 amide bonds. The lowest BCUT2D eigenvalue weighted by molar-refractivity contribution is -0.153. The van der Waals surface area contributed by atoms with E-state index in [1.165, 1.54) is 6.07 Å². The van der Waals surface area contributed by atoms with Crippen molar-refractivity contribution in [2.24, 2.45) is 0 Å². The molecule has 29 heavy (non-hydrogen) atoms. The third-order valence-corrected chi connectivity index (χ3v) is 3.84. The lowest BCUT2D eigenvalue weighted by Gasteiger charge is -2.19. The molecule has 0 aliphatic carbocycles. The van der Waals surface area contributed by atoms with Crippen LogP contribution in [0.5, 0.6) is 0 Å². The molecule has 0 aromatic heterocycles. The average molecular weight is 397 g/mol. The number of rotatable bonds is 6.